The standard InChI is InChI=1S/C11H22N4O/c1-11(2,3)10(5-6-16)12-7-9-8-15(4)14-13-9/h8,10,12,16H,5-7H2,1-4H3. The van der Waals surface area contributed by atoms with Gasteiger partial charge in [0.15, 0.2) is 0 Å². The van der Waals surface area contributed by atoms with Crippen molar-refractivity contribution in [1.29, 1.82) is 0 Å². The summed E-state index contributed by atoms with van der Waals surface area (Å²) >= 11 is 0. The van der Waals surface area contributed by atoms with Crippen molar-refractivity contribution in [2.24, 2.45) is 12.5 Å². The van der Waals surface area contributed by atoms with Gasteiger partial charge >= 0.3 is 0 Å². The summed E-state index contributed by atoms with van der Waals surface area (Å²) in [7, 11) is 1.85. The van der Waals surface area contributed by atoms with Crippen LogP contribution in [0.3, 0.4) is 0 Å². The van der Waals surface area contributed by atoms with Gasteiger partial charge in [0.25, 0.3) is 0 Å². The largest absolute Gasteiger partial charge is 0.396 e. The molecule has 0 aliphatic rings. The molecule has 2 N–H and O–H groups in total. The molecule has 0 aromatic carbocycles. The van der Waals surface area contributed by atoms with Gasteiger partial charge in [-0.25, -0.2) is 0 Å². The minimum absolute atomic E-state index is 0.130. The molecule has 1 heterocycles. The van der Waals surface area contributed by atoms with E-state index in [1.54, 1.807) is 4.68 Å². The SMILES string of the molecule is Cn1cc(CNC(CCO)C(C)(C)C)nn1. The van der Waals surface area contributed by atoms with Gasteiger partial charge in [-0.15, -0.1) is 5.10 Å². The topological polar surface area (TPSA) is 63.0 Å². The highest BCUT2D eigenvalue weighted by Gasteiger charge is 2.23. The van der Waals surface area contributed by atoms with Crippen LogP contribution in [0.5, 0.6) is 0 Å². The third-order valence-electron chi connectivity index (χ3n) is 2.64. The van der Waals surface area contributed by atoms with E-state index in [-0.39, 0.29) is 18.1 Å². The van der Waals surface area contributed by atoms with Crippen LogP contribution < -0.4 is 5.32 Å². The van der Waals surface area contributed by atoms with Crippen molar-refractivity contribution in [3.05, 3.63) is 11.9 Å². The quantitative estimate of drug-likeness (QED) is 0.776. The summed E-state index contributed by atoms with van der Waals surface area (Å²) in [5, 5.41) is 20.3. The van der Waals surface area contributed by atoms with Gasteiger partial charge in [0.1, 0.15) is 0 Å². The van der Waals surface area contributed by atoms with Gasteiger partial charge in [0, 0.05) is 32.4 Å². The molecule has 0 saturated carbocycles. The van der Waals surface area contributed by atoms with E-state index in [0.29, 0.717) is 6.54 Å². The van der Waals surface area contributed by atoms with Crippen molar-refractivity contribution in [2.45, 2.75) is 39.8 Å². The Morgan fingerprint density at radius 1 is 1.50 bits per heavy atom. The van der Waals surface area contributed by atoms with Gasteiger partial charge in [-0.3, -0.25) is 4.68 Å². The Kier molecular flexibility index (Phi) is 4.44. The Morgan fingerprint density at radius 3 is 2.62 bits per heavy atom. The first-order chi connectivity index (χ1) is 7.43. The van der Waals surface area contributed by atoms with Gasteiger partial charge in [-0.1, -0.05) is 26.0 Å². The maximum absolute atomic E-state index is 9.03. The summed E-state index contributed by atoms with van der Waals surface area (Å²) < 4.78 is 1.69. The number of nitrogens with one attached hydrogen (secondary N) is 1. The molecule has 0 amide bonds. The lowest BCUT2D eigenvalue weighted by molar-refractivity contribution is 0.196. The minimum Gasteiger partial charge on any atom is -0.396 e. The third kappa shape index (κ3) is 3.90. The van der Waals surface area contributed by atoms with Crippen molar-refractivity contribution in [3.63, 3.8) is 0 Å². The summed E-state index contributed by atoms with van der Waals surface area (Å²) in [5.41, 5.74) is 1.06. The predicted octanol–water partition coefficient (Wildman–Crippen LogP) is 0.702. The highest BCUT2D eigenvalue weighted by atomic mass is 16.3. The predicted molar refractivity (Wildman–Crippen MR) is 62.8 cm³/mol. The minimum atomic E-state index is 0.130. The number of aryl methyl sites for hydroxylation is 1. The summed E-state index contributed by atoms with van der Waals surface area (Å²) in [4.78, 5) is 0. The maximum atomic E-state index is 9.03. The maximum Gasteiger partial charge on any atom is 0.0964 e. The fourth-order valence-electron chi connectivity index (χ4n) is 1.67. The molecule has 1 aromatic rings. The van der Waals surface area contributed by atoms with Crippen LogP contribution in [0.1, 0.15) is 32.9 Å². The lowest BCUT2D eigenvalue weighted by atomic mass is 9.85. The molecule has 0 spiro atoms. The molecule has 1 atom stereocenters. The number of aliphatic hydroxyl groups is 1. The third-order valence-corrected chi connectivity index (χ3v) is 2.64. The zero-order chi connectivity index (χ0) is 12.2. The highest BCUT2D eigenvalue weighted by molar-refractivity contribution is 4.93. The van der Waals surface area contributed by atoms with E-state index in [0.717, 1.165) is 12.1 Å². The first-order valence-corrected chi connectivity index (χ1v) is 5.63. The fourth-order valence-corrected chi connectivity index (χ4v) is 1.67. The van der Waals surface area contributed by atoms with Crippen molar-refractivity contribution in [1.82, 2.24) is 20.3 Å². The van der Waals surface area contributed by atoms with E-state index in [9.17, 15) is 0 Å². The molecular formula is C11H22N4O. The first kappa shape index (κ1) is 13.1. The summed E-state index contributed by atoms with van der Waals surface area (Å²) in [6.45, 7) is 7.39. The first-order valence-electron chi connectivity index (χ1n) is 5.63. The lowest BCUT2D eigenvalue weighted by Gasteiger charge is -2.31. The molecule has 5 nitrogen and oxygen atoms in total. The second-order valence-electron chi connectivity index (χ2n) is 5.20. The van der Waals surface area contributed by atoms with Crippen LogP contribution in [-0.2, 0) is 13.6 Å². The Hall–Kier alpha value is -0.940. The molecule has 0 aliphatic heterocycles. The van der Waals surface area contributed by atoms with Crippen LogP contribution in [0, 0.1) is 5.41 Å². The second kappa shape index (κ2) is 5.41. The van der Waals surface area contributed by atoms with Crippen molar-refractivity contribution in [2.75, 3.05) is 6.61 Å². The number of nitrogens with zero attached hydrogens (tertiary/aromatic N) is 3. The van der Waals surface area contributed by atoms with E-state index in [1.165, 1.54) is 0 Å². The van der Waals surface area contributed by atoms with Crippen LogP contribution in [0.15, 0.2) is 6.20 Å². The molecule has 1 unspecified atom stereocenters. The van der Waals surface area contributed by atoms with Crippen LogP contribution >= 0.6 is 0 Å². The zero-order valence-electron chi connectivity index (χ0n) is 10.6. The number of aliphatic hydroxyl groups excluding tert-OH is 1. The Morgan fingerprint density at radius 2 is 2.19 bits per heavy atom. The van der Waals surface area contributed by atoms with E-state index < -0.39 is 0 Å². The molecule has 0 fully saturated rings. The average Bonchev–Trinajstić information content (AvgIpc) is 2.57. The van der Waals surface area contributed by atoms with Gasteiger partial charge in [0.2, 0.25) is 0 Å². The number of hydrogen-bond donors (Lipinski definition) is 2. The van der Waals surface area contributed by atoms with E-state index in [1.807, 2.05) is 13.2 Å². The molecule has 0 radical (unpaired) electrons. The van der Waals surface area contributed by atoms with Gasteiger partial charge in [-0.2, -0.15) is 0 Å². The monoisotopic (exact) mass is 226 g/mol. The van der Waals surface area contributed by atoms with Crippen molar-refractivity contribution >= 4 is 0 Å². The van der Waals surface area contributed by atoms with Crippen molar-refractivity contribution in [3.8, 4) is 0 Å². The lowest BCUT2D eigenvalue weighted by Crippen LogP contribution is -2.40. The zero-order valence-corrected chi connectivity index (χ0v) is 10.6. The second-order valence-corrected chi connectivity index (χ2v) is 5.20. The van der Waals surface area contributed by atoms with Gasteiger partial charge in [-0.05, 0) is 11.8 Å². The van der Waals surface area contributed by atoms with Crippen LogP contribution in [0.2, 0.25) is 0 Å². The fraction of sp³-hybridized carbons (Fsp3) is 0.818. The number of aromatic nitrogens is 3. The number of hydrogen-bond acceptors (Lipinski definition) is 4. The van der Waals surface area contributed by atoms with E-state index in [2.05, 4.69) is 36.4 Å². The van der Waals surface area contributed by atoms with Crippen LogP contribution in [0.25, 0.3) is 0 Å². The van der Waals surface area contributed by atoms with E-state index >= 15 is 0 Å². The molecular weight excluding hydrogens is 204 g/mol. The molecule has 5 heteroatoms. The summed E-state index contributed by atoms with van der Waals surface area (Å²) in [6, 6.07) is 0.277. The molecule has 1 rings (SSSR count). The molecule has 1 aromatic heterocycles. The Balaban J connectivity index is 2.50. The smallest absolute Gasteiger partial charge is 0.0964 e. The average molecular weight is 226 g/mol. The molecule has 0 saturated heterocycles. The van der Waals surface area contributed by atoms with Gasteiger partial charge < -0.3 is 10.4 Å². The molecule has 16 heavy (non-hydrogen) atoms. The molecule has 0 bridgehead atoms. The van der Waals surface area contributed by atoms with Crippen molar-refractivity contribution < 1.29 is 5.11 Å². The van der Waals surface area contributed by atoms with Gasteiger partial charge in [0.05, 0.1) is 5.69 Å². The van der Waals surface area contributed by atoms with Crippen LogP contribution in [0.4, 0.5) is 0 Å². The normalized spacial score (nSPS) is 14.1. The highest BCUT2D eigenvalue weighted by Crippen LogP contribution is 2.21. The molecule has 92 valence electrons. The molecule has 0 aliphatic carbocycles. The summed E-state index contributed by atoms with van der Waals surface area (Å²) in [5.74, 6) is 0. The Bertz CT molecular complexity index is 316. The van der Waals surface area contributed by atoms with E-state index in [4.69, 9.17) is 5.11 Å². The van der Waals surface area contributed by atoms with Crippen LogP contribution in [-0.4, -0.2) is 32.7 Å². The number of rotatable bonds is 5. The summed E-state index contributed by atoms with van der Waals surface area (Å²) in [6.07, 6.45) is 2.65. The Labute approximate surface area is 96.9 Å².